The first kappa shape index (κ1) is 14.1. The highest BCUT2D eigenvalue weighted by Gasteiger charge is 2.27. The summed E-state index contributed by atoms with van der Waals surface area (Å²) in [6.45, 7) is 2.39. The minimum absolute atomic E-state index is 0. The number of nitrogens with zero attached hydrogens (tertiary/aromatic N) is 4. The van der Waals surface area contributed by atoms with Crippen molar-refractivity contribution in [2.24, 2.45) is 10.7 Å². The van der Waals surface area contributed by atoms with E-state index < -0.39 is 0 Å². The van der Waals surface area contributed by atoms with E-state index in [-0.39, 0.29) is 24.0 Å². The molecular weight excluding hydrogens is 329 g/mol. The Hall–Kier alpha value is -0.920. The van der Waals surface area contributed by atoms with E-state index in [4.69, 9.17) is 5.73 Å². The molecular formula is C11H18IN5. The van der Waals surface area contributed by atoms with Crippen molar-refractivity contribution in [3.63, 3.8) is 0 Å². The van der Waals surface area contributed by atoms with Crippen molar-refractivity contribution in [2.75, 3.05) is 7.05 Å². The molecule has 5 nitrogen and oxygen atoms in total. The average Bonchev–Trinajstić information content (AvgIpc) is 3.09. The first-order valence-corrected chi connectivity index (χ1v) is 5.48. The molecule has 2 rings (SSSR count). The van der Waals surface area contributed by atoms with E-state index >= 15 is 0 Å². The Balaban J connectivity index is 0.00000144. The number of halogens is 1. The molecule has 0 aromatic carbocycles. The van der Waals surface area contributed by atoms with Crippen molar-refractivity contribution in [3.8, 4) is 0 Å². The lowest BCUT2D eigenvalue weighted by Gasteiger charge is -2.16. The fourth-order valence-electron chi connectivity index (χ4n) is 1.52. The Labute approximate surface area is 119 Å². The number of hydrogen-bond donors (Lipinski definition) is 1. The third-order valence-corrected chi connectivity index (χ3v) is 2.69. The van der Waals surface area contributed by atoms with Crippen molar-refractivity contribution in [1.29, 1.82) is 0 Å². The third-order valence-electron chi connectivity index (χ3n) is 2.69. The van der Waals surface area contributed by atoms with Gasteiger partial charge in [0, 0.05) is 19.3 Å². The molecule has 1 heterocycles. The molecule has 0 radical (unpaired) electrons. The summed E-state index contributed by atoms with van der Waals surface area (Å²) < 4.78 is 0. The SMILES string of the molecule is Cc1nccc(CN=C(N)N(C)C2CC2)n1.I. The minimum Gasteiger partial charge on any atom is -0.370 e. The van der Waals surface area contributed by atoms with Crippen LogP contribution in [0.3, 0.4) is 0 Å². The Morgan fingerprint density at radius 2 is 2.29 bits per heavy atom. The minimum atomic E-state index is 0. The van der Waals surface area contributed by atoms with Crippen LogP contribution < -0.4 is 5.73 Å². The zero-order valence-electron chi connectivity index (χ0n) is 10.1. The molecule has 0 atom stereocenters. The molecule has 6 heteroatoms. The van der Waals surface area contributed by atoms with Crippen molar-refractivity contribution in [3.05, 3.63) is 23.8 Å². The molecule has 1 aromatic heterocycles. The molecule has 0 unspecified atom stereocenters. The fraction of sp³-hybridized carbons (Fsp3) is 0.545. The lowest BCUT2D eigenvalue weighted by atomic mass is 10.4. The highest BCUT2D eigenvalue weighted by atomic mass is 127. The normalized spacial score (nSPS) is 15.3. The molecule has 94 valence electrons. The van der Waals surface area contributed by atoms with E-state index in [0.29, 0.717) is 18.5 Å². The summed E-state index contributed by atoms with van der Waals surface area (Å²) in [5, 5.41) is 0. The molecule has 0 spiro atoms. The number of rotatable bonds is 3. The second kappa shape index (κ2) is 6.13. The summed E-state index contributed by atoms with van der Waals surface area (Å²) in [6, 6.07) is 2.46. The zero-order chi connectivity index (χ0) is 11.5. The van der Waals surface area contributed by atoms with Crippen LogP contribution in [0.1, 0.15) is 24.4 Å². The topological polar surface area (TPSA) is 67.4 Å². The molecule has 1 fully saturated rings. The van der Waals surface area contributed by atoms with E-state index in [1.807, 2.05) is 24.9 Å². The van der Waals surface area contributed by atoms with Crippen molar-refractivity contribution < 1.29 is 0 Å². The lowest BCUT2D eigenvalue weighted by molar-refractivity contribution is 0.487. The van der Waals surface area contributed by atoms with Crippen LogP contribution in [-0.4, -0.2) is 33.9 Å². The van der Waals surface area contributed by atoms with Crippen LogP contribution in [0.2, 0.25) is 0 Å². The standard InChI is InChI=1S/C11H17N5.HI/c1-8-13-6-5-9(15-8)7-14-11(12)16(2)10-3-4-10;/h5-6,10H,3-4,7H2,1-2H3,(H2,12,14);1H. The Morgan fingerprint density at radius 1 is 1.59 bits per heavy atom. The average molecular weight is 347 g/mol. The van der Waals surface area contributed by atoms with E-state index in [1.54, 1.807) is 6.20 Å². The van der Waals surface area contributed by atoms with Crippen LogP contribution in [0, 0.1) is 6.92 Å². The van der Waals surface area contributed by atoms with Gasteiger partial charge in [-0.3, -0.25) is 0 Å². The highest BCUT2D eigenvalue weighted by Crippen LogP contribution is 2.24. The van der Waals surface area contributed by atoms with Gasteiger partial charge in [-0.1, -0.05) is 0 Å². The summed E-state index contributed by atoms with van der Waals surface area (Å²) in [4.78, 5) is 14.7. The predicted octanol–water partition coefficient (Wildman–Crippen LogP) is 1.31. The van der Waals surface area contributed by atoms with E-state index in [9.17, 15) is 0 Å². The predicted molar refractivity (Wildman–Crippen MR) is 78.3 cm³/mol. The number of aliphatic imine (C=N–C) groups is 1. The van der Waals surface area contributed by atoms with Crippen LogP contribution in [0.4, 0.5) is 0 Å². The lowest BCUT2D eigenvalue weighted by Crippen LogP contribution is -2.35. The monoisotopic (exact) mass is 347 g/mol. The van der Waals surface area contributed by atoms with Gasteiger partial charge in [0.15, 0.2) is 5.96 Å². The maximum Gasteiger partial charge on any atom is 0.191 e. The maximum absolute atomic E-state index is 5.88. The number of hydrogen-bond acceptors (Lipinski definition) is 3. The van der Waals surface area contributed by atoms with Crippen LogP contribution in [0.25, 0.3) is 0 Å². The molecule has 1 aliphatic carbocycles. The second-order valence-electron chi connectivity index (χ2n) is 4.11. The molecule has 2 N–H and O–H groups in total. The van der Waals surface area contributed by atoms with Crippen molar-refractivity contribution in [1.82, 2.24) is 14.9 Å². The van der Waals surface area contributed by atoms with E-state index in [0.717, 1.165) is 11.5 Å². The molecule has 1 aromatic rings. The quantitative estimate of drug-likeness (QED) is 0.509. The summed E-state index contributed by atoms with van der Waals surface area (Å²) in [5.74, 6) is 1.36. The molecule has 0 aliphatic heterocycles. The van der Waals surface area contributed by atoms with Gasteiger partial charge in [0.1, 0.15) is 5.82 Å². The van der Waals surface area contributed by atoms with Gasteiger partial charge in [-0.15, -0.1) is 24.0 Å². The molecule has 17 heavy (non-hydrogen) atoms. The van der Waals surface area contributed by atoms with Gasteiger partial charge >= 0.3 is 0 Å². The summed E-state index contributed by atoms with van der Waals surface area (Å²) in [6.07, 6.45) is 4.19. The summed E-state index contributed by atoms with van der Waals surface area (Å²) in [7, 11) is 1.99. The summed E-state index contributed by atoms with van der Waals surface area (Å²) >= 11 is 0. The molecule has 0 amide bonds. The van der Waals surface area contributed by atoms with Crippen LogP contribution >= 0.6 is 24.0 Å². The van der Waals surface area contributed by atoms with Crippen LogP contribution in [0.5, 0.6) is 0 Å². The van der Waals surface area contributed by atoms with Crippen LogP contribution in [0.15, 0.2) is 17.3 Å². The molecule has 0 bridgehead atoms. The van der Waals surface area contributed by atoms with E-state index in [1.165, 1.54) is 12.8 Å². The van der Waals surface area contributed by atoms with E-state index in [2.05, 4.69) is 15.0 Å². The van der Waals surface area contributed by atoms with Gasteiger partial charge in [-0.05, 0) is 25.8 Å². The van der Waals surface area contributed by atoms with Gasteiger partial charge in [0.2, 0.25) is 0 Å². The Kier molecular flexibility index (Phi) is 5.10. The highest BCUT2D eigenvalue weighted by molar-refractivity contribution is 14.0. The van der Waals surface area contributed by atoms with Crippen molar-refractivity contribution >= 4 is 29.9 Å². The Morgan fingerprint density at radius 3 is 2.88 bits per heavy atom. The van der Waals surface area contributed by atoms with Gasteiger partial charge in [0.05, 0.1) is 12.2 Å². The number of aromatic nitrogens is 2. The molecule has 0 saturated heterocycles. The van der Waals surface area contributed by atoms with Gasteiger partial charge in [0.25, 0.3) is 0 Å². The first-order valence-electron chi connectivity index (χ1n) is 5.48. The zero-order valence-corrected chi connectivity index (χ0v) is 12.5. The Bertz CT molecular complexity index is 403. The number of guanidine groups is 1. The molecule has 1 saturated carbocycles. The fourth-order valence-corrected chi connectivity index (χ4v) is 1.52. The second-order valence-corrected chi connectivity index (χ2v) is 4.11. The summed E-state index contributed by atoms with van der Waals surface area (Å²) in [5.41, 5.74) is 6.78. The van der Waals surface area contributed by atoms with Crippen LogP contribution in [-0.2, 0) is 6.54 Å². The van der Waals surface area contributed by atoms with Gasteiger partial charge in [-0.2, -0.15) is 0 Å². The molecule has 1 aliphatic rings. The smallest absolute Gasteiger partial charge is 0.191 e. The number of aryl methyl sites for hydroxylation is 1. The van der Waals surface area contributed by atoms with Gasteiger partial charge < -0.3 is 10.6 Å². The first-order chi connectivity index (χ1) is 7.66. The van der Waals surface area contributed by atoms with Gasteiger partial charge in [-0.25, -0.2) is 15.0 Å². The van der Waals surface area contributed by atoms with Crippen molar-refractivity contribution in [2.45, 2.75) is 32.4 Å². The third kappa shape index (κ3) is 4.10. The largest absolute Gasteiger partial charge is 0.370 e. The maximum atomic E-state index is 5.88. The number of nitrogens with two attached hydrogens (primary N) is 1.